The van der Waals surface area contributed by atoms with Gasteiger partial charge in [0, 0.05) is 41.9 Å². The SMILES string of the molecule is Cn1ccc2cc(-c3ccc(C4CCNC4=O)c(=O)[nH]3)ccc21. The van der Waals surface area contributed by atoms with Gasteiger partial charge in [-0.1, -0.05) is 12.1 Å². The van der Waals surface area contributed by atoms with Crippen LogP contribution in [0.1, 0.15) is 17.9 Å². The van der Waals surface area contributed by atoms with E-state index >= 15 is 0 Å². The number of aryl methyl sites for hydroxylation is 1. The Morgan fingerprint density at radius 1 is 1.13 bits per heavy atom. The number of nitrogens with one attached hydrogen (secondary N) is 2. The molecule has 4 rings (SSSR count). The van der Waals surface area contributed by atoms with E-state index in [1.54, 1.807) is 6.07 Å². The van der Waals surface area contributed by atoms with E-state index in [0.717, 1.165) is 22.2 Å². The maximum atomic E-state index is 12.4. The Balaban J connectivity index is 1.75. The van der Waals surface area contributed by atoms with Gasteiger partial charge in [0.15, 0.2) is 0 Å². The first-order valence-corrected chi connectivity index (χ1v) is 7.70. The molecule has 2 aromatic heterocycles. The van der Waals surface area contributed by atoms with Gasteiger partial charge < -0.3 is 14.9 Å². The highest BCUT2D eigenvalue weighted by molar-refractivity contribution is 5.86. The minimum absolute atomic E-state index is 0.0612. The van der Waals surface area contributed by atoms with Crippen molar-refractivity contribution in [3.8, 4) is 11.3 Å². The van der Waals surface area contributed by atoms with E-state index in [2.05, 4.69) is 20.9 Å². The van der Waals surface area contributed by atoms with Crippen LogP contribution >= 0.6 is 0 Å². The minimum Gasteiger partial charge on any atom is -0.356 e. The predicted octanol–water partition coefficient (Wildman–Crippen LogP) is 2.14. The van der Waals surface area contributed by atoms with Crippen LogP contribution in [0.3, 0.4) is 0 Å². The average Bonchev–Trinajstić information content (AvgIpc) is 3.13. The van der Waals surface area contributed by atoms with Crippen molar-refractivity contribution < 1.29 is 4.79 Å². The van der Waals surface area contributed by atoms with Gasteiger partial charge in [0.2, 0.25) is 5.91 Å². The fourth-order valence-corrected chi connectivity index (χ4v) is 3.27. The summed E-state index contributed by atoms with van der Waals surface area (Å²) in [6.07, 6.45) is 2.69. The predicted molar refractivity (Wildman–Crippen MR) is 89.3 cm³/mol. The van der Waals surface area contributed by atoms with Crippen molar-refractivity contribution in [1.82, 2.24) is 14.9 Å². The van der Waals surface area contributed by atoms with E-state index in [1.807, 2.05) is 37.5 Å². The van der Waals surface area contributed by atoms with Crippen molar-refractivity contribution in [1.29, 1.82) is 0 Å². The molecule has 1 aliphatic rings. The Hall–Kier alpha value is -2.82. The minimum atomic E-state index is -0.329. The number of hydrogen-bond donors (Lipinski definition) is 2. The molecule has 2 N–H and O–H groups in total. The van der Waals surface area contributed by atoms with E-state index in [-0.39, 0.29) is 17.4 Å². The second-order valence-electron chi connectivity index (χ2n) is 5.99. The Morgan fingerprint density at radius 3 is 2.74 bits per heavy atom. The number of amides is 1. The van der Waals surface area contributed by atoms with Gasteiger partial charge >= 0.3 is 0 Å². The van der Waals surface area contributed by atoms with Crippen molar-refractivity contribution in [3.05, 3.63) is 58.5 Å². The quantitative estimate of drug-likeness (QED) is 0.761. The molecule has 1 saturated heterocycles. The first kappa shape index (κ1) is 13.8. The molecule has 0 radical (unpaired) electrons. The third-order valence-corrected chi connectivity index (χ3v) is 4.56. The Labute approximate surface area is 133 Å². The summed E-state index contributed by atoms with van der Waals surface area (Å²) in [6, 6.07) is 11.8. The molecule has 3 aromatic rings. The maximum Gasteiger partial charge on any atom is 0.252 e. The second kappa shape index (κ2) is 5.12. The number of carbonyl (C=O) groups excluding carboxylic acids is 1. The number of hydrogen-bond acceptors (Lipinski definition) is 2. The summed E-state index contributed by atoms with van der Waals surface area (Å²) < 4.78 is 2.06. The average molecular weight is 307 g/mol. The molecule has 0 bridgehead atoms. The Morgan fingerprint density at radius 2 is 2.00 bits per heavy atom. The monoisotopic (exact) mass is 307 g/mol. The summed E-state index contributed by atoms with van der Waals surface area (Å²) in [5, 5.41) is 3.90. The van der Waals surface area contributed by atoms with Crippen molar-refractivity contribution in [2.24, 2.45) is 7.05 Å². The van der Waals surface area contributed by atoms with Gasteiger partial charge in [-0.05, 0) is 36.2 Å². The van der Waals surface area contributed by atoms with Gasteiger partial charge in [0.05, 0.1) is 5.92 Å². The molecule has 0 saturated carbocycles. The normalized spacial score (nSPS) is 17.6. The standard InChI is InChI=1S/C18H17N3O2/c1-21-9-7-12-10-11(2-5-16(12)21)15-4-3-13(18(23)20-15)14-6-8-19-17(14)22/h2-5,7,9-10,14H,6,8H2,1H3,(H,19,22)(H,20,23). The molecule has 1 unspecified atom stereocenters. The first-order valence-electron chi connectivity index (χ1n) is 7.70. The van der Waals surface area contributed by atoms with Crippen LogP contribution in [0.4, 0.5) is 0 Å². The number of fused-ring (bicyclic) bond motifs is 1. The Bertz CT molecular complexity index is 968. The second-order valence-corrected chi connectivity index (χ2v) is 5.99. The van der Waals surface area contributed by atoms with Crippen LogP contribution in [-0.4, -0.2) is 22.0 Å². The van der Waals surface area contributed by atoms with Gasteiger partial charge in [-0.15, -0.1) is 0 Å². The van der Waals surface area contributed by atoms with E-state index < -0.39 is 0 Å². The lowest BCUT2D eigenvalue weighted by Crippen LogP contribution is -2.23. The number of aromatic amines is 1. The number of benzene rings is 1. The van der Waals surface area contributed by atoms with Crippen LogP contribution in [-0.2, 0) is 11.8 Å². The van der Waals surface area contributed by atoms with Crippen molar-refractivity contribution in [2.45, 2.75) is 12.3 Å². The third kappa shape index (κ3) is 2.25. The zero-order valence-electron chi connectivity index (χ0n) is 12.8. The van der Waals surface area contributed by atoms with Crippen LogP contribution in [0.25, 0.3) is 22.2 Å². The fraction of sp³-hybridized carbons (Fsp3) is 0.222. The largest absolute Gasteiger partial charge is 0.356 e. The molecule has 0 aliphatic carbocycles. The highest BCUT2D eigenvalue weighted by Crippen LogP contribution is 2.25. The van der Waals surface area contributed by atoms with E-state index in [1.165, 1.54) is 0 Å². The van der Waals surface area contributed by atoms with Crippen LogP contribution in [0.5, 0.6) is 0 Å². The lowest BCUT2D eigenvalue weighted by atomic mass is 9.98. The van der Waals surface area contributed by atoms with Gasteiger partial charge in [0.25, 0.3) is 5.56 Å². The molecule has 23 heavy (non-hydrogen) atoms. The molecular formula is C18H17N3O2. The van der Waals surface area contributed by atoms with Crippen LogP contribution in [0.2, 0.25) is 0 Å². The molecular weight excluding hydrogens is 290 g/mol. The highest BCUT2D eigenvalue weighted by atomic mass is 16.2. The number of H-pyrrole nitrogens is 1. The number of carbonyl (C=O) groups is 1. The molecule has 3 heterocycles. The molecule has 1 aliphatic heterocycles. The molecule has 116 valence electrons. The first-order chi connectivity index (χ1) is 11.1. The van der Waals surface area contributed by atoms with Gasteiger partial charge in [-0.3, -0.25) is 9.59 Å². The summed E-state index contributed by atoms with van der Waals surface area (Å²) in [7, 11) is 2.01. The Kier molecular flexibility index (Phi) is 3.08. The highest BCUT2D eigenvalue weighted by Gasteiger charge is 2.27. The molecule has 1 amide bonds. The van der Waals surface area contributed by atoms with E-state index in [4.69, 9.17) is 0 Å². The smallest absolute Gasteiger partial charge is 0.252 e. The van der Waals surface area contributed by atoms with Crippen LogP contribution < -0.4 is 10.9 Å². The molecule has 5 heteroatoms. The zero-order chi connectivity index (χ0) is 16.0. The zero-order valence-corrected chi connectivity index (χ0v) is 12.8. The van der Waals surface area contributed by atoms with Crippen LogP contribution in [0.15, 0.2) is 47.4 Å². The fourth-order valence-electron chi connectivity index (χ4n) is 3.27. The van der Waals surface area contributed by atoms with Crippen molar-refractivity contribution >= 4 is 16.8 Å². The topological polar surface area (TPSA) is 66.9 Å². The summed E-state index contributed by atoms with van der Waals surface area (Å²) in [5.74, 6) is -0.390. The molecule has 5 nitrogen and oxygen atoms in total. The molecule has 1 atom stereocenters. The van der Waals surface area contributed by atoms with Gasteiger partial charge in [-0.25, -0.2) is 0 Å². The van der Waals surface area contributed by atoms with Gasteiger partial charge in [0.1, 0.15) is 0 Å². The van der Waals surface area contributed by atoms with Crippen molar-refractivity contribution in [3.63, 3.8) is 0 Å². The summed E-state index contributed by atoms with van der Waals surface area (Å²) in [4.78, 5) is 27.1. The van der Waals surface area contributed by atoms with Gasteiger partial charge in [-0.2, -0.15) is 0 Å². The van der Waals surface area contributed by atoms with Crippen molar-refractivity contribution in [2.75, 3.05) is 6.54 Å². The number of rotatable bonds is 2. The molecule has 0 spiro atoms. The van der Waals surface area contributed by atoms with E-state index in [0.29, 0.717) is 18.5 Å². The summed E-state index contributed by atoms with van der Waals surface area (Å²) >= 11 is 0. The summed E-state index contributed by atoms with van der Waals surface area (Å²) in [5.41, 5.74) is 3.24. The maximum absolute atomic E-state index is 12.4. The third-order valence-electron chi connectivity index (χ3n) is 4.56. The lowest BCUT2D eigenvalue weighted by Gasteiger charge is -2.08. The van der Waals surface area contributed by atoms with E-state index in [9.17, 15) is 9.59 Å². The number of pyridine rings is 1. The van der Waals surface area contributed by atoms with Crippen LogP contribution in [0, 0.1) is 0 Å². The molecule has 1 aromatic carbocycles. The molecule has 1 fully saturated rings. The lowest BCUT2D eigenvalue weighted by molar-refractivity contribution is -0.120. The number of aromatic nitrogens is 2. The summed E-state index contributed by atoms with van der Waals surface area (Å²) in [6.45, 7) is 0.634. The number of nitrogens with zero attached hydrogens (tertiary/aromatic N) is 1.